The molecule has 1 amide bonds. The average molecular weight is 387 g/mol. The first-order valence-electron chi connectivity index (χ1n) is 8.32. The number of rotatable bonds is 7. The third-order valence-electron chi connectivity index (χ3n) is 3.50. The van der Waals surface area contributed by atoms with Crippen molar-refractivity contribution in [3.05, 3.63) is 54.1 Å². The SMILES string of the molecule is CC(C)NS(=O)(=O)c1ccc(NC(=O)[C@@H](C)Oc2ccccc2C#N)cc1. The topological polar surface area (TPSA) is 108 Å². The molecule has 2 rings (SSSR count). The molecule has 0 spiro atoms. The van der Waals surface area contributed by atoms with Crippen molar-refractivity contribution in [1.82, 2.24) is 4.72 Å². The highest BCUT2D eigenvalue weighted by Crippen LogP contribution is 2.19. The van der Waals surface area contributed by atoms with Crippen molar-refractivity contribution in [2.45, 2.75) is 37.8 Å². The Morgan fingerprint density at radius 2 is 1.70 bits per heavy atom. The highest BCUT2D eigenvalue weighted by atomic mass is 32.2. The van der Waals surface area contributed by atoms with Crippen molar-refractivity contribution in [3.63, 3.8) is 0 Å². The maximum Gasteiger partial charge on any atom is 0.265 e. The summed E-state index contributed by atoms with van der Waals surface area (Å²) in [6.45, 7) is 5.03. The summed E-state index contributed by atoms with van der Waals surface area (Å²) < 4.78 is 32.2. The zero-order valence-electron chi connectivity index (χ0n) is 15.3. The molecule has 142 valence electrons. The molecule has 2 aromatic carbocycles. The molecule has 0 heterocycles. The van der Waals surface area contributed by atoms with Crippen molar-refractivity contribution in [3.8, 4) is 11.8 Å². The molecule has 0 bridgehead atoms. The Bertz CT molecular complexity index is 948. The maximum absolute atomic E-state index is 12.3. The van der Waals surface area contributed by atoms with Crippen molar-refractivity contribution in [2.24, 2.45) is 0 Å². The van der Waals surface area contributed by atoms with E-state index in [0.717, 1.165) is 0 Å². The number of nitriles is 1. The first-order chi connectivity index (χ1) is 12.7. The average Bonchev–Trinajstić information content (AvgIpc) is 2.61. The molecule has 0 saturated carbocycles. The predicted molar refractivity (Wildman–Crippen MR) is 102 cm³/mol. The van der Waals surface area contributed by atoms with Gasteiger partial charge in [0, 0.05) is 11.7 Å². The molecule has 27 heavy (non-hydrogen) atoms. The number of hydrogen-bond acceptors (Lipinski definition) is 5. The van der Waals surface area contributed by atoms with Gasteiger partial charge in [0.05, 0.1) is 10.5 Å². The molecule has 0 radical (unpaired) electrons. The number of para-hydroxylation sites is 1. The van der Waals surface area contributed by atoms with E-state index in [2.05, 4.69) is 10.0 Å². The lowest BCUT2D eigenvalue weighted by Gasteiger charge is -2.16. The number of sulfonamides is 1. The number of carbonyl (C=O) groups is 1. The fourth-order valence-corrected chi connectivity index (χ4v) is 3.50. The van der Waals surface area contributed by atoms with Crippen molar-refractivity contribution < 1.29 is 17.9 Å². The fraction of sp³-hybridized carbons (Fsp3) is 0.263. The van der Waals surface area contributed by atoms with Crippen LogP contribution in [-0.2, 0) is 14.8 Å². The first-order valence-corrected chi connectivity index (χ1v) is 9.80. The van der Waals surface area contributed by atoms with Gasteiger partial charge in [-0.2, -0.15) is 5.26 Å². The van der Waals surface area contributed by atoms with Gasteiger partial charge in [0.15, 0.2) is 6.10 Å². The number of nitrogens with one attached hydrogen (secondary N) is 2. The Labute approximate surface area is 159 Å². The van der Waals surface area contributed by atoms with Gasteiger partial charge in [-0.05, 0) is 57.2 Å². The normalized spacial score (nSPS) is 12.3. The second-order valence-corrected chi connectivity index (χ2v) is 7.87. The molecule has 0 aromatic heterocycles. The van der Waals surface area contributed by atoms with E-state index in [-0.39, 0.29) is 10.9 Å². The van der Waals surface area contributed by atoms with Crippen LogP contribution in [0.25, 0.3) is 0 Å². The van der Waals surface area contributed by atoms with E-state index in [0.29, 0.717) is 17.0 Å². The van der Waals surface area contributed by atoms with Gasteiger partial charge in [0.1, 0.15) is 11.8 Å². The lowest BCUT2D eigenvalue weighted by atomic mass is 10.2. The predicted octanol–water partition coefficient (Wildman–Crippen LogP) is 2.65. The largest absolute Gasteiger partial charge is 0.480 e. The summed E-state index contributed by atoms with van der Waals surface area (Å²) in [5.74, 6) is -0.0949. The molecule has 2 aromatic rings. The number of nitrogens with zero attached hydrogens (tertiary/aromatic N) is 1. The van der Waals surface area contributed by atoms with Crippen LogP contribution in [0.3, 0.4) is 0 Å². The zero-order chi connectivity index (χ0) is 20.0. The highest BCUT2D eigenvalue weighted by Gasteiger charge is 2.18. The Kier molecular flexibility index (Phi) is 6.55. The van der Waals surface area contributed by atoms with Crippen LogP contribution in [0.2, 0.25) is 0 Å². The van der Waals surface area contributed by atoms with Crippen LogP contribution in [0.5, 0.6) is 5.75 Å². The smallest absolute Gasteiger partial charge is 0.265 e. The maximum atomic E-state index is 12.3. The second kappa shape index (κ2) is 8.66. The van der Waals surface area contributed by atoms with Gasteiger partial charge < -0.3 is 10.1 Å². The highest BCUT2D eigenvalue weighted by molar-refractivity contribution is 7.89. The van der Waals surface area contributed by atoms with Gasteiger partial charge in [-0.3, -0.25) is 4.79 Å². The van der Waals surface area contributed by atoms with Crippen molar-refractivity contribution in [1.29, 1.82) is 5.26 Å². The Morgan fingerprint density at radius 1 is 1.07 bits per heavy atom. The van der Waals surface area contributed by atoms with Gasteiger partial charge in [0.25, 0.3) is 5.91 Å². The van der Waals surface area contributed by atoms with Crippen LogP contribution in [0.1, 0.15) is 26.3 Å². The number of hydrogen-bond donors (Lipinski definition) is 2. The van der Waals surface area contributed by atoms with Crippen molar-refractivity contribution >= 4 is 21.6 Å². The standard InChI is InChI=1S/C19H21N3O4S/c1-13(2)22-27(24,25)17-10-8-16(9-11-17)21-19(23)14(3)26-18-7-5-4-6-15(18)12-20/h4-11,13-14,22H,1-3H3,(H,21,23)/t14-/m1/s1. The lowest BCUT2D eigenvalue weighted by Crippen LogP contribution is -2.31. The number of benzene rings is 2. The van der Waals surface area contributed by atoms with Crippen LogP contribution in [0, 0.1) is 11.3 Å². The first kappa shape index (κ1) is 20.4. The molecule has 2 N–H and O–H groups in total. The summed E-state index contributed by atoms with van der Waals surface area (Å²) in [6, 6.07) is 14.3. The van der Waals surface area contributed by atoms with E-state index in [1.807, 2.05) is 6.07 Å². The Balaban J connectivity index is 2.04. The Hall–Kier alpha value is -2.89. The summed E-state index contributed by atoms with van der Waals surface area (Å²) in [6.07, 6.45) is -0.842. The quantitative estimate of drug-likeness (QED) is 0.759. The van der Waals surface area contributed by atoms with Gasteiger partial charge >= 0.3 is 0 Å². The molecule has 0 aliphatic carbocycles. The van der Waals surface area contributed by atoms with E-state index in [1.165, 1.54) is 24.3 Å². The van der Waals surface area contributed by atoms with Crippen LogP contribution >= 0.6 is 0 Å². The van der Waals surface area contributed by atoms with Gasteiger partial charge in [-0.1, -0.05) is 12.1 Å². The molecule has 7 nitrogen and oxygen atoms in total. The summed E-state index contributed by atoms with van der Waals surface area (Å²) in [5, 5.41) is 11.7. The fourth-order valence-electron chi connectivity index (χ4n) is 2.25. The number of amides is 1. The Morgan fingerprint density at radius 3 is 2.30 bits per heavy atom. The molecule has 0 saturated heterocycles. The molecule has 8 heteroatoms. The summed E-state index contributed by atoms with van der Waals surface area (Å²) in [7, 11) is -3.59. The second-order valence-electron chi connectivity index (χ2n) is 6.16. The summed E-state index contributed by atoms with van der Waals surface area (Å²) in [5.41, 5.74) is 0.775. The van der Waals surface area contributed by atoms with Gasteiger partial charge in [-0.25, -0.2) is 13.1 Å². The van der Waals surface area contributed by atoms with Crippen LogP contribution in [0.4, 0.5) is 5.69 Å². The van der Waals surface area contributed by atoms with E-state index in [4.69, 9.17) is 10.00 Å². The molecule has 0 aliphatic rings. The van der Waals surface area contributed by atoms with Crippen LogP contribution in [0.15, 0.2) is 53.4 Å². The van der Waals surface area contributed by atoms with Crippen LogP contribution < -0.4 is 14.8 Å². The number of carbonyl (C=O) groups excluding carboxylic acids is 1. The molecule has 0 fully saturated rings. The number of anilines is 1. The minimum absolute atomic E-state index is 0.112. The minimum atomic E-state index is -3.59. The molecule has 1 atom stereocenters. The molecular weight excluding hydrogens is 366 g/mol. The van der Waals surface area contributed by atoms with Gasteiger partial charge in [0.2, 0.25) is 10.0 Å². The van der Waals surface area contributed by atoms with Crippen molar-refractivity contribution in [2.75, 3.05) is 5.32 Å². The van der Waals surface area contributed by atoms with E-state index < -0.39 is 22.0 Å². The summed E-state index contributed by atoms with van der Waals surface area (Å²) >= 11 is 0. The minimum Gasteiger partial charge on any atom is -0.480 e. The van der Waals surface area contributed by atoms with E-state index in [1.54, 1.807) is 45.0 Å². The van der Waals surface area contributed by atoms with E-state index >= 15 is 0 Å². The van der Waals surface area contributed by atoms with Gasteiger partial charge in [-0.15, -0.1) is 0 Å². The van der Waals surface area contributed by atoms with Crippen LogP contribution in [-0.4, -0.2) is 26.5 Å². The third-order valence-corrected chi connectivity index (χ3v) is 5.18. The molecule has 0 unspecified atom stereocenters. The summed E-state index contributed by atoms with van der Waals surface area (Å²) in [4.78, 5) is 12.4. The van der Waals surface area contributed by atoms with E-state index in [9.17, 15) is 13.2 Å². The molecule has 0 aliphatic heterocycles. The molecular formula is C19H21N3O4S. The zero-order valence-corrected chi connectivity index (χ0v) is 16.1. The third kappa shape index (κ3) is 5.54. The lowest BCUT2D eigenvalue weighted by molar-refractivity contribution is -0.122. The number of ether oxygens (including phenoxy) is 1. The monoisotopic (exact) mass is 387 g/mol.